The molecule has 2 aromatic rings. The molecule has 0 spiro atoms. The van der Waals surface area contributed by atoms with Gasteiger partial charge < -0.3 is 4.42 Å². The van der Waals surface area contributed by atoms with Crippen LogP contribution in [0.2, 0.25) is 0 Å². The highest BCUT2D eigenvalue weighted by Crippen LogP contribution is 1.99. The van der Waals surface area contributed by atoms with Crippen molar-refractivity contribution in [2.24, 2.45) is 0 Å². The zero-order chi connectivity index (χ0) is 6.81. The second-order valence-corrected chi connectivity index (χ2v) is 1.53. The van der Waals surface area contributed by atoms with Gasteiger partial charge in [0, 0.05) is 0 Å². The van der Waals surface area contributed by atoms with E-state index in [0.717, 1.165) is 0 Å². The number of aromatic nitrogens is 5. The second kappa shape index (κ2) is 1.90. The Hall–Kier alpha value is -1.72. The molecular formula is C4H2N5O. The molecule has 0 saturated heterocycles. The van der Waals surface area contributed by atoms with Crippen LogP contribution in [-0.2, 0) is 0 Å². The van der Waals surface area contributed by atoms with Gasteiger partial charge in [-0.3, -0.25) is 0 Å². The summed E-state index contributed by atoms with van der Waals surface area (Å²) in [6, 6.07) is 0. The fourth-order valence-corrected chi connectivity index (χ4v) is 0.549. The molecular weight excluding hydrogens is 134 g/mol. The number of oxazole rings is 1. The van der Waals surface area contributed by atoms with Gasteiger partial charge in [-0.05, 0) is 10.4 Å². The molecule has 0 amide bonds. The summed E-state index contributed by atoms with van der Waals surface area (Å²) in [6.07, 6.45) is 5.24. The third kappa shape index (κ3) is 0.661. The Morgan fingerprint density at radius 3 is 3.20 bits per heavy atom. The summed E-state index contributed by atoms with van der Waals surface area (Å²) in [4.78, 5) is 3.68. The Kier molecular flexibility index (Phi) is 0.970. The molecule has 0 bridgehead atoms. The number of hydrogen-bond donors (Lipinski definition) is 0. The monoisotopic (exact) mass is 136 g/mol. The Labute approximate surface area is 55.5 Å². The van der Waals surface area contributed by atoms with E-state index >= 15 is 0 Å². The van der Waals surface area contributed by atoms with E-state index in [1.54, 1.807) is 0 Å². The average Bonchev–Trinajstić information content (AvgIpc) is 2.59. The molecule has 0 fully saturated rings. The standard InChI is InChI=1S/C4H2N5O/c1-4(10-3-5-1)9-2-6-7-8-9/h1,3H. The molecule has 0 aliphatic carbocycles. The maximum atomic E-state index is 4.86. The highest BCUT2D eigenvalue weighted by molar-refractivity contribution is 5.06. The van der Waals surface area contributed by atoms with Crippen molar-refractivity contribution in [1.82, 2.24) is 25.2 Å². The zero-order valence-corrected chi connectivity index (χ0v) is 4.80. The smallest absolute Gasteiger partial charge is 0.243 e. The van der Waals surface area contributed by atoms with E-state index in [1.807, 2.05) is 0 Å². The quantitative estimate of drug-likeness (QED) is 0.526. The molecule has 0 unspecified atom stereocenters. The molecule has 1 radical (unpaired) electrons. The van der Waals surface area contributed by atoms with Gasteiger partial charge in [0.25, 0.3) is 0 Å². The molecule has 6 heteroatoms. The van der Waals surface area contributed by atoms with E-state index in [1.165, 1.54) is 17.3 Å². The van der Waals surface area contributed by atoms with Crippen molar-refractivity contribution in [3.63, 3.8) is 0 Å². The van der Waals surface area contributed by atoms with Gasteiger partial charge in [-0.15, -0.1) is 5.10 Å². The Balaban J connectivity index is 2.48. The van der Waals surface area contributed by atoms with Gasteiger partial charge in [0.05, 0.1) is 6.20 Å². The molecule has 0 aliphatic heterocycles. The molecule has 2 rings (SSSR count). The topological polar surface area (TPSA) is 69.6 Å². The Morgan fingerprint density at radius 1 is 1.60 bits per heavy atom. The summed E-state index contributed by atoms with van der Waals surface area (Å²) in [5, 5.41) is 10.2. The maximum absolute atomic E-state index is 4.86. The predicted octanol–water partition coefficient (Wildman–Crippen LogP) is -0.550. The van der Waals surface area contributed by atoms with Crippen LogP contribution in [-0.4, -0.2) is 25.2 Å². The van der Waals surface area contributed by atoms with Crippen LogP contribution in [0, 0.1) is 6.33 Å². The average molecular weight is 136 g/mol. The van der Waals surface area contributed by atoms with Crippen LogP contribution in [0.5, 0.6) is 0 Å². The lowest BCUT2D eigenvalue weighted by atomic mass is 10.8. The summed E-state index contributed by atoms with van der Waals surface area (Å²) < 4.78 is 6.11. The first-order valence-corrected chi connectivity index (χ1v) is 2.52. The van der Waals surface area contributed by atoms with Gasteiger partial charge >= 0.3 is 0 Å². The molecule has 49 valence electrons. The SMILES string of the molecule is [c]1nnnn1-c1cnco1. The third-order valence-corrected chi connectivity index (χ3v) is 0.942. The number of hydrogen-bond acceptors (Lipinski definition) is 5. The van der Waals surface area contributed by atoms with E-state index in [2.05, 4.69) is 26.8 Å². The summed E-state index contributed by atoms with van der Waals surface area (Å²) in [7, 11) is 0. The molecule has 0 saturated carbocycles. The van der Waals surface area contributed by atoms with Gasteiger partial charge in [-0.1, -0.05) is 0 Å². The lowest BCUT2D eigenvalue weighted by Crippen LogP contribution is -1.92. The highest BCUT2D eigenvalue weighted by atomic mass is 16.4. The number of tetrazole rings is 1. The molecule has 0 N–H and O–H groups in total. The minimum atomic E-state index is 0.449. The van der Waals surface area contributed by atoms with Crippen LogP contribution in [0.4, 0.5) is 0 Å². The molecule has 2 heterocycles. The normalized spacial score (nSPS) is 10.0. The van der Waals surface area contributed by atoms with Crippen LogP contribution >= 0.6 is 0 Å². The first kappa shape index (κ1) is 5.10. The van der Waals surface area contributed by atoms with Gasteiger partial charge in [-0.2, -0.15) is 4.68 Å². The van der Waals surface area contributed by atoms with E-state index in [0.29, 0.717) is 5.88 Å². The molecule has 0 atom stereocenters. The maximum Gasteiger partial charge on any atom is 0.243 e. The highest BCUT2D eigenvalue weighted by Gasteiger charge is 1.99. The number of rotatable bonds is 1. The molecule has 6 nitrogen and oxygen atoms in total. The van der Waals surface area contributed by atoms with Gasteiger partial charge in [0.15, 0.2) is 6.39 Å². The predicted molar refractivity (Wildman–Crippen MR) is 28.1 cm³/mol. The second-order valence-electron chi connectivity index (χ2n) is 1.53. The largest absolute Gasteiger partial charge is 0.426 e. The van der Waals surface area contributed by atoms with E-state index < -0.39 is 0 Å². The number of nitrogens with zero attached hydrogens (tertiary/aromatic N) is 5. The van der Waals surface area contributed by atoms with E-state index in [9.17, 15) is 0 Å². The Morgan fingerprint density at radius 2 is 2.60 bits per heavy atom. The van der Waals surface area contributed by atoms with Crippen molar-refractivity contribution in [2.45, 2.75) is 0 Å². The van der Waals surface area contributed by atoms with Crippen LogP contribution < -0.4 is 0 Å². The van der Waals surface area contributed by atoms with Gasteiger partial charge in [0.2, 0.25) is 12.2 Å². The van der Waals surface area contributed by atoms with Crippen molar-refractivity contribution in [2.75, 3.05) is 0 Å². The summed E-state index contributed by atoms with van der Waals surface area (Å²) in [5.41, 5.74) is 0. The summed E-state index contributed by atoms with van der Waals surface area (Å²) >= 11 is 0. The minimum Gasteiger partial charge on any atom is -0.426 e. The van der Waals surface area contributed by atoms with Crippen LogP contribution in [0.3, 0.4) is 0 Å². The Bertz CT molecular complexity index is 253. The van der Waals surface area contributed by atoms with Crippen LogP contribution in [0.25, 0.3) is 5.88 Å². The summed E-state index contributed by atoms with van der Waals surface area (Å²) in [6.45, 7) is 0. The summed E-state index contributed by atoms with van der Waals surface area (Å²) in [5.74, 6) is 0.449. The molecule has 2 aromatic heterocycles. The first-order chi connectivity index (χ1) is 4.97. The third-order valence-electron chi connectivity index (χ3n) is 0.942. The van der Waals surface area contributed by atoms with Crippen LogP contribution in [0.15, 0.2) is 17.0 Å². The molecule has 0 aliphatic rings. The van der Waals surface area contributed by atoms with Crippen LogP contribution in [0.1, 0.15) is 0 Å². The first-order valence-electron chi connectivity index (χ1n) is 2.52. The molecule has 10 heavy (non-hydrogen) atoms. The van der Waals surface area contributed by atoms with Crippen molar-refractivity contribution < 1.29 is 4.42 Å². The van der Waals surface area contributed by atoms with Gasteiger partial charge in [0.1, 0.15) is 0 Å². The fraction of sp³-hybridized carbons (Fsp3) is 0. The van der Waals surface area contributed by atoms with E-state index in [-0.39, 0.29) is 0 Å². The fourth-order valence-electron chi connectivity index (χ4n) is 0.549. The zero-order valence-electron chi connectivity index (χ0n) is 4.80. The minimum absolute atomic E-state index is 0.449. The van der Waals surface area contributed by atoms with E-state index in [4.69, 9.17) is 4.42 Å². The van der Waals surface area contributed by atoms with Crippen molar-refractivity contribution in [3.05, 3.63) is 18.9 Å². The molecule has 0 aromatic carbocycles. The lowest BCUT2D eigenvalue weighted by molar-refractivity contribution is 0.510. The lowest BCUT2D eigenvalue weighted by Gasteiger charge is -1.84. The van der Waals surface area contributed by atoms with Crippen molar-refractivity contribution in [3.8, 4) is 5.88 Å². The van der Waals surface area contributed by atoms with Gasteiger partial charge in [-0.25, -0.2) is 4.98 Å². The van der Waals surface area contributed by atoms with Crippen molar-refractivity contribution >= 4 is 0 Å². The van der Waals surface area contributed by atoms with Crippen molar-refractivity contribution in [1.29, 1.82) is 0 Å².